The first kappa shape index (κ1) is 14.5. The highest BCUT2D eigenvalue weighted by atomic mass is 32.1. The van der Waals surface area contributed by atoms with Crippen LogP contribution >= 0.6 is 11.3 Å². The minimum atomic E-state index is -1.39. The predicted molar refractivity (Wildman–Crippen MR) is 71.8 cm³/mol. The zero-order chi connectivity index (χ0) is 14.7. The number of thiophene rings is 1. The van der Waals surface area contributed by atoms with Gasteiger partial charge in [0.05, 0.1) is 12.3 Å². The molecule has 2 rings (SSSR count). The summed E-state index contributed by atoms with van der Waals surface area (Å²) in [5.74, 6) is -3.36. The van der Waals surface area contributed by atoms with Crippen LogP contribution in [0.3, 0.4) is 0 Å². The first-order chi connectivity index (χ1) is 9.49. The van der Waals surface area contributed by atoms with E-state index < -0.39 is 30.3 Å². The lowest BCUT2D eigenvalue weighted by Gasteiger charge is -2.23. The molecule has 108 valence electrons. The summed E-state index contributed by atoms with van der Waals surface area (Å²) in [6, 6.07) is 0.500. The second kappa shape index (κ2) is 6.04. The Bertz CT molecular complexity index is 539. The summed E-state index contributed by atoms with van der Waals surface area (Å²) in [5, 5.41) is 21.9. The van der Waals surface area contributed by atoms with Crippen LogP contribution in [0.4, 0.5) is 0 Å². The zero-order valence-corrected chi connectivity index (χ0v) is 11.5. The van der Waals surface area contributed by atoms with E-state index in [1.54, 1.807) is 11.3 Å². The van der Waals surface area contributed by atoms with Crippen LogP contribution in [-0.4, -0.2) is 34.1 Å². The molecule has 1 amide bonds. The maximum absolute atomic E-state index is 12.2. The Balaban J connectivity index is 2.09. The van der Waals surface area contributed by atoms with Crippen LogP contribution < -0.4 is 5.32 Å². The van der Waals surface area contributed by atoms with Crippen molar-refractivity contribution in [1.29, 1.82) is 0 Å². The maximum Gasteiger partial charge on any atom is 0.326 e. The summed E-state index contributed by atoms with van der Waals surface area (Å²) >= 11 is 1.59. The monoisotopic (exact) mass is 297 g/mol. The molecule has 1 aromatic rings. The second-order valence-electron chi connectivity index (χ2n) is 4.74. The van der Waals surface area contributed by atoms with Crippen LogP contribution in [0.15, 0.2) is 11.4 Å². The van der Waals surface area contributed by atoms with Crippen molar-refractivity contribution in [3.63, 3.8) is 0 Å². The van der Waals surface area contributed by atoms with Crippen LogP contribution in [0.1, 0.15) is 35.6 Å². The maximum atomic E-state index is 12.2. The van der Waals surface area contributed by atoms with E-state index in [9.17, 15) is 14.4 Å². The van der Waals surface area contributed by atoms with Gasteiger partial charge in [-0.25, -0.2) is 4.79 Å². The van der Waals surface area contributed by atoms with E-state index >= 15 is 0 Å². The molecule has 20 heavy (non-hydrogen) atoms. The van der Waals surface area contributed by atoms with Crippen molar-refractivity contribution >= 4 is 29.2 Å². The van der Waals surface area contributed by atoms with Gasteiger partial charge in [-0.1, -0.05) is 0 Å². The first-order valence-corrected chi connectivity index (χ1v) is 7.18. The smallest absolute Gasteiger partial charge is 0.326 e. The third-order valence-corrected chi connectivity index (χ3v) is 4.36. The van der Waals surface area contributed by atoms with E-state index in [4.69, 9.17) is 10.2 Å². The number of hydrogen-bond acceptors (Lipinski definition) is 4. The van der Waals surface area contributed by atoms with Crippen molar-refractivity contribution in [2.24, 2.45) is 0 Å². The predicted octanol–water partition coefficient (Wildman–Crippen LogP) is 1.21. The van der Waals surface area contributed by atoms with Crippen LogP contribution in [0.25, 0.3) is 0 Å². The molecule has 0 saturated carbocycles. The average Bonchev–Trinajstić information content (AvgIpc) is 2.84. The number of aliphatic carboxylic acids is 2. The molecule has 0 saturated heterocycles. The van der Waals surface area contributed by atoms with Crippen molar-refractivity contribution in [3.05, 3.63) is 21.9 Å². The number of carbonyl (C=O) groups is 3. The number of hydrogen-bond donors (Lipinski definition) is 3. The van der Waals surface area contributed by atoms with E-state index in [0.717, 1.165) is 23.3 Å². The molecule has 1 aliphatic carbocycles. The highest BCUT2D eigenvalue weighted by molar-refractivity contribution is 7.10. The Morgan fingerprint density at radius 1 is 1.40 bits per heavy atom. The lowest BCUT2D eigenvalue weighted by Crippen LogP contribution is -2.44. The summed E-state index contributed by atoms with van der Waals surface area (Å²) in [4.78, 5) is 34.9. The number of carboxylic acids is 2. The van der Waals surface area contributed by atoms with Gasteiger partial charge >= 0.3 is 11.9 Å². The molecule has 1 heterocycles. The zero-order valence-electron chi connectivity index (χ0n) is 10.7. The van der Waals surface area contributed by atoms with Crippen molar-refractivity contribution < 1.29 is 24.6 Å². The SMILES string of the molecule is O=C(O)C[C@H](NC(=O)C1CCCc2sccc21)C(=O)O. The summed E-state index contributed by atoms with van der Waals surface area (Å²) in [6.07, 6.45) is 1.86. The van der Waals surface area contributed by atoms with Gasteiger partial charge in [0.1, 0.15) is 6.04 Å². The standard InChI is InChI=1S/C13H15NO5S/c15-11(16)6-9(13(18)19)14-12(17)8-2-1-3-10-7(8)4-5-20-10/h4-5,8-9H,1-3,6H2,(H,14,17)(H,15,16)(H,18,19)/t8?,9-/m0/s1. The fourth-order valence-corrected chi connectivity index (χ4v) is 3.39. The lowest BCUT2D eigenvalue weighted by molar-refractivity contribution is -0.147. The fraction of sp³-hybridized carbons (Fsp3) is 0.462. The Morgan fingerprint density at radius 3 is 2.80 bits per heavy atom. The van der Waals surface area contributed by atoms with Gasteiger partial charge in [-0.2, -0.15) is 0 Å². The van der Waals surface area contributed by atoms with Crippen molar-refractivity contribution in [3.8, 4) is 0 Å². The molecule has 0 fully saturated rings. The Kier molecular flexibility index (Phi) is 4.39. The van der Waals surface area contributed by atoms with Crippen molar-refractivity contribution in [1.82, 2.24) is 5.32 Å². The van der Waals surface area contributed by atoms with Gasteiger partial charge in [0.15, 0.2) is 0 Å². The van der Waals surface area contributed by atoms with Crippen molar-refractivity contribution in [2.75, 3.05) is 0 Å². The molecule has 0 aliphatic heterocycles. The lowest BCUT2D eigenvalue weighted by atomic mass is 9.87. The summed E-state index contributed by atoms with van der Waals surface area (Å²) < 4.78 is 0. The molecule has 6 nitrogen and oxygen atoms in total. The van der Waals surface area contributed by atoms with Gasteiger partial charge in [-0.15, -0.1) is 11.3 Å². The molecule has 1 aliphatic rings. The van der Waals surface area contributed by atoms with Gasteiger partial charge in [0.25, 0.3) is 0 Å². The van der Waals surface area contributed by atoms with Crippen LogP contribution in [0.5, 0.6) is 0 Å². The van der Waals surface area contributed by atoms with E-state index in [1.807, 2.05) is 11.4 Å². The van der Waals surface area contributed by atoms with Gasteiger partial charge in [-0.05, 0) is 36.3 Å². The second-order valence-corrected chi connectivity index (χ2v) is 5.74. The number of fused-ring (bicyclic) bond motifs is 1. The first-order valence-electron chi connectivity index (χ1n) is 6.30. The van der Waals surface area contributed by atoms with Gasteiger partial charge < -0.3 is 15.5 Å². The van der Waals surface area contributed by atoms with E-state index in [-0.39, 0.29) is 5.92 Å². The Labute approximate surface area is 119 Å². The molecule has 7 heteroatoms. The van der Waals surface area contributed by atoms with Crippen molar-refractivity contribution in [2.45, 2.75) is 37.6 Å². The molecule has 1 aromatic heterocycles. The van der Waals surface area contributed by atoms with E-state index in [1.165, 1.54) is 0 Å². The Morgan fingerprint density at radius 2 is 2.15 bits per heavy atom. The molecule has 0 aromatic carbocycles. The van der Waals surface area contributed by atoms with Gasteiger partial charge in [0, 0.05) is 4.88 Å². The number of carbonyl (C=O) groups excluding carboxylic acids is 1. The minimum Gasteiger partial charge on any atom is -0.481 e. The molecule has 0 spiro atoms. The summed E-state index contributed by atoms with van der Waals surface area (Å²) in [7, 11) is 0. The molecule has 0 radical (unpaired) electrons. The fourth-order valence-electron chi connectivity index (χ4n) is 2.41. The molecule has 1 unspecified atom stereocenters. The summed E-state index contributed by atoms with van der Waals surface area (Å²) in [6.45, 7) is 0. The number of rotatable bonds is 5. The van der Waals surface area contributed by atoms with Crippen LogP contribution in [0.2, 0.25) is 0 Å². The van der Waals surface area contributed by atoms with Crippen LogP contribution in [-0.2, 0) is 20.8 Å². The highest BCUT2D eigenvalue weighted by Gasteiger charge is 2.31. The molecular weight excluding hydrogens is 282 g/mol. The molecule has 2 atom stereocenters. The third-order valence-electron chi connectivity index (χ3n) is 3.36. The number of amides is 1. The quantitative estimate of drug-likeness (QED) is 0.758. The minimum absolute atomic E-state index is 0.374. The van der Waals surface area contributed by atoms with E-state index in [0.29, 0.717) is 6.42 Å². The third kappa shape index (κ3) is 3.16. The van der Waals surface area contributed by atoms with Gasteiger partial charge in [0.2, 0.25) is 5.91 Å². The average molecular weight is 297 g/mol. The topological polar surface area (TPSA) is 104 Å². The molecule has 3 N–H and O–H groups in total. The molecule has 0 bridgehead atoms. The van der Waals surface area contributed by atoms with Crippen LogP contribution in [0, 0.1) is 0 Å². The normalized spacial score (nSPS) is 18.9. The van der Waals surface area contributed by atoms with E-state index in [2.05, 4.69) is 5.32 Å². The number of nitrogens with one attached hydrogen (secondary N) is 1. The highest BCUT2D eigenvalue weighted by Crippen LogP contribution is 2.35. The summed E-state index contributed by atoms with van der Waals surface area (Å²) in [5.41, 5.74) is 0.943. The Hall–Kier alpha value is -1.89. The number of aryl methyl sites for hydroxylation is 1. The van der Waals surface area contributed by atoms with Gasteiger partial charge in [-0.3, -0.25) is 9.59 Å². The molecular formula is C13H15NO5S. The largest absolute Gasteiger partial charge is 0.481 e. The number of carboxylic acid groups (broad SMARTS) is 2.